The number of halogens is 1. The number of imidazole rings is 2. The van der Waals surface area contributed by atoms with Crippen molar-refractivity contribution in [3.05, 3.63) is 130 Å². The SMILES string of the molecule is Fc1ccc2c(c1)CCN(Cc1ccc3c(c1)nc1n3CCN(C3CCC3)CC1)C2.c1ccc2c(c1)CCN(Cc1ccc3c(c1)nc1n3CCN(C3CCC3)CC1)C2. The minimum Gasteiger partial charge on any atom is -0.327 e. The molecule has 0 saturated heterocycles. The van der Waals surface area contributed by atoms with Gasteiger partial charge in [-0.1, -0.05) is 55.3 Å². The van der Waals surface area contributed by atoms with Gasteiger partial charge in [0.05, 0.1) is 22.1 Å². The van der Waals surface area contributed by atoms with Crippen molar-refractivity contribution in [2.75, 3.05) is 39.3 Å². The second-order valence-electron chi connectivity index (χ2n) is 18.3. The van der Waals surface area contributed by atoms with E-state index in [0.717, 1.165) is 114 Å². The monoisotopic (exact) mass is 790 g/mol. The van der Waals surface area contributed by atoms with E-state index < -0.39 is 0 Å². The second-order valence-corrected chi connectivity index (χ2v) is 18.3. The van der Waals surface area contributed by atoms with E-state index in [-0.39, 0.29) is 5.82 Å². The molecule has 59 heavy (non-hydrogen) atoms. The summed E-state index contributed by atoms with van der Waals surface area (Å²) in [6.45, 7) is 12.8. The van der Waals surface area contributed by atoms with Gasteiger partial charge in [0.25, 0.3) is 0 Å². The van der Waals surface area contributed by atoms with Crippen LogP contribution in [0.5, 0.6) is 0 Å². The molecule has 8 nitrogen and oxygen atoms in total. The highest BCUT2D eigenvalue weighted by Gasteiger charge is 2.29. The van der Waals surface area contributed by atoms with E-state index in [9.17, 15) is 4.39 Å². The molecule has 2 fully saturated rings. The lowest BCUT2D eigenvalue weighted by molar-refractivity contribution is 0.130. The van der Waals surface area contributed by atoms with Crippen LogP contribution in [0.2, 0.25) is 0 Å². The molecule has 12 rings (SSSR count). The number of aromatic nitrogens is 4. The van der Waals surface area contributed by atoms with Crippen LogP contribution < -0.4 is 0 Å². The molecule has 306 valence electrons. The van der Waals surface area contributed by atoms with Crippen LogP contribution in [0.3, 0.4) is 0 Å². The van der Waals surface area contributed by atoms with Gasteiger partial charge in [-0.15, -0.1) is 0 Å². The summed E-state index contributed by atoms with van der Waals surface area (Å²) in [6.07, 6.45) is 12.6. The molecule has 2 saturated carbocycles. The smallest absolute Gasteiger partial charge is 0.123 e. The molecule has 9 heteroatoms. The fraction of sp³-hybridized carbons (Fsp3) is 0.480. The molecule has 0 radical (unpaired) electrons. The molecule has 0 atom stereocenters. The number of hydrogen-bond acceptors (Lipinski definition) is 6. The zero-order valence-electron chi connectivity index (χ0n) is 34.7. The topological polar surface area (TPSA) is 48.6 Å². The van der Waals surface area contributed by atoms with E-state index >= 15 is 0 Å². The van der Waals surface area contributed by atoms with Gasteiger partial charge in [-0.2, -0.15) is 0 Å². The number of fused-ring (bicyclic) bond motifs is 8. The maximum Gasteiger partial charge on any atom is 0.123 e. The average molecular weight is 791 g/mol. The van der Waals surface area contributed by atoms with Gasteiger partial charge in [0, 0.05) is 103 Å². The maximum atomic E-state index is 13.5. The van der Waals surface area contributed by atoms with E-state index in [1.807, 2.05) is 6.07 Å². The zero-order chi connectivity index (χ0) is 39.3. The molecule has 6 heterocycles. The molecule has 0 spiro atoms. The van der Waals surface area contributed by atoms with Crippen molar-refractivity contribution in [1.29, 1.82) is 0 Å². The quantitative estimate of drug-likeness (QED) is 0.170. The third kappa shape index (κ3) is 7.76. The Kier molecular flexibility index (Phi) is 10.3. The molecular weight excluding hydrogens is 732 g/mol. The third-order valence-electron chi connectivity index (χ3n) is 14.7. The highest BCUT2D eigenvalue weighted by molar-refractivity contribution is 5.78. The van der Waals surface area contributed by atoms with Crippen LogP contribution in [0.1, 0.15) is 83.6 Å². The van der Waals surface area contributed by atoms with Crippen LogP contribution in [0, 0.1) is 5.82 Å². The Morgan fingerprint density at radius 1 is 0.492 bits per heavy atom. The first kappa shape index (κ1) is 37.6. The molecule has 0 bridgehead atoms. The summed E-state index contributed by atoms with van der Waals surface area (Å²) in [6, 6.07) is 29.6. The molecule has 2 aliphatic carbocycles. The third-order valence-corrected chi connectivity index (χ3v) is 14.7. The summed E-state index contributed by atoms with van der Waals surface area (Å²) < 4.78 is 18.4. The average Bonchev–Trinajstić information content (AvgIpc) is 3.57. The van der Waals surface area contributed by atoms with Crippen molar-refractivity contribution in [1.82, 2.24) is 38.7 Å². The Hall–Kier alpha value is -4.41. The molecule has 4 aromatic carbocycles. The molecule has 6 aromatic rings. The summed E-state index contributed by atoms with van der Waals surface area (Å²) in [5, 5.41) is 0. The van der Waals surface area contributed by atoms with Crippen molar-refractivity contribution in [3.63, 3.8) is 0 Å². The largest absolute Gasteiger partial charge is 0.327 e. The lowest BCUT2D eigenvalue weighted by Crippen LogP contribution is -2.41. The Balaban J connectivity index is 0.000000135. The molecule has 2 aromatic heterocycles. The first-order chi connectivity index (χ1) is 29.1. The molecule has 4 aliphatic heterocycles. The predicted octanol–water partition coefficient (Wildman–Crippen LogP) is 8.15. The van der Waals surface area contributed by atoms with Crippen LogP contribution in [-0.4, -0.2) is 90.1 Å². The first-order valence-electron chi connectivity index (χ1n) is 22.8. The van der Waals surface area contributed by atoms with Crippen LogP contribution in [0.25, 0.3) is 22.1 Å². The van der Waals surface area contributed by atoms with Crippen LogP contribution in [0.15, 0.2) is 78.9 Å². The summed E-state index contributed by atoms with van der Waals surface area (Å²) in [4.78, 5) is 20.5. The highest BCUT2D eigenvalue weighted by atomic mass is 19.1. The van der Waals surface area contributed by atoms with Crippen LogP contribution in [-0.2, 0) is 65.0 Å². The van der Waals surface area contributed by atoms with Gasteiger partial charge < -0.3 is 9.13 Å². The molecular formula is C50H59FN8. The predicted molar refractivity (Wildman–Crippen MR) is 234 cm³/mol. The summed E-state index contributed by atoms with van der Waals surface area (Å²) in [7, 11) is 0. The van der Waals surface area contributed by atoms with Gasteiger partial charge in [-0.05, 0) is 108 Å². The normalized spacial score (nSPS) is 20.7. The van der Waals surface area contributed by atoms with E-state index in [1.54, 1.807) is 12.1 Å². The summed E-state index contributed by atoms with van der Waals surface area (Å²) in [5.74, 6) is 2.41. The van der Waals surface area contributed by atoms with Crippen LogP contribution in [0.4, 0.5) is 4.39 Å². The molecule has 0 amide bonds. The van der Waals surface area contributed by atoms with E-state index in [1.165, 1.54) is 108 Å². The standard InChI is InChI=1S/C25H29FN4.C25H30N4/c26-21-6-5-20-17-28(10-8-19(20)15-21)16-18-4-7-24-23(14-18)27-25-9-11-29(12-13-30(24)25)22-2-1-3-22;1-2-5-21-18-27(12-10-20(21)4-1)17-19-8-9-24-23(16-19)26-25-11-13-28(14-15-29(24)25)22-6-3-7-22/h4-7,14-15,22H,1-3,8-13,16-17H2;1-2,4-5,8-9,16,22H,3,6-7,10-15,17-18H2. The molecule has 0 unspecified atom stereocenters. The number of nitrogens with zero attached hydrogens (tertiary/aromatic N) is 8. The minimum atomic E-state index is -0.122. The van der Waals surface area contributed by atoms with Gasteiger partial charge in [-0.3, -0.25) is 19.6 Å². The van der Waals surface area contributed by atoms with Crippen LogP contribution >= 0.6 is 0 Å². The van der Waals surface area contributed by atoms with Gasteiger partial charge >= 0.3 is 0 Å². The van der Waals surface area contributed by atoms with E-state index in [2.05, 4.69) is 89.4 Å². The zero-order valence-corrected chi connectivity index (χ0v) is 34.7. The summed E-state index contributed by atoms with van der Waals surface area (Å²) in [5.41, 5.74) is 13.1. The van der Waals surface area contributed by atoms with Gasteiger partial charge in [0.15, 0.2) is 0 Å². The Bertz CT molecular complexity index is 2460. The number of benzene rings is 4. The van der Waals surface area contributed by atoms with Crippen molar-refractivity contribution in [3.8, 4) is 0 Å². The number of hydrogen-bond donors (Lipinski definition) is 0. The van der Waals surface area contributed by atoms with Crippen molar-refractivity contribution < 1.29 is 4.39 Å². The second kappa shape index (κ2) is 16.2. The van der Waals surface area contributed by atoms with Gasteiger partial charge in [-0.25, -0.2) is 14.4 Å². The lowest BCUT2D eigenvalue weighted by Gasteiger charge is -2.36. The maximum absolute atomic E-state index is 13.5. The van der Waals surface area contributed by atoms with E-state index in [4.69, 9.17) is 9.97 Å². The highest BCUT2D eigenvalue weighted by Crippen LogP contribution is 2.30. The Morgan fingerprint density at radius 3 is 1.56 bits per heavy atom. The fourth-order valence-electron chi connectivity index (χ4n) is 10.9. The Morgan fingerprint density at radius 2 is 1.02 bits per heavy atom. The number of rotatable bonds is 6. The fourth-order valence-corrected chi connectivity index (χ4v) is 10.9. The van der Waals surface area contributed by atoms with Crippen molar-refractivity contribution >= 4 is 22.1 Å². The van der Waals surface area contributed by atoms with Crippen molar-refractivity contribution in [2.45, 2.75) is 116 Å². The minimum absolute atomic E-state index is 0.122. The summed E-state index contributed by atoms with van der Waals surface area (Å²) >= 11 is 0. The first-order valence-corrected chi connectivity index (χ1v) is 22.8. The molecule has 0 N–H and O–H groups in total. The van der Waals surface area contributed by atoms with Crippen molar-refractivity contribution in [2.24, 2.45) is 0 Å². The Labute approximate surface area is 348 Å². The van der Waals surface area contributed by atoms with Gasteiger partial charge in [0.1, 0.15) is 17.5 Å². The van der Waals surface area contributed by atoms with Gasteiger partial charge in [0.2, 0.25) is 0 Å². The lowest BCUT2D eigenvalue weighted by atomic mass is 9.91. The van der Waals surface area contributed by atoms with E-state index in [0.29, 0.717) is 0 Å². The molecule has 6 aliphatic rings.